The normalized spacial score (nSPS) is 15.5. The Kier molecular flexibility index (Phi) is 4.20. The minimum Gasteiger partial charge on any atom is -0.461 e. The summed E-state index contributed by atoms with van der Waals surface area (Å²) in [5.41, 5.74) is -0.337. The number of ether oxygens (including phenoxy) is 2. The Balaban J connectivity index is 1.95. The molecule has 0 atom stereocenters. The first-order valence-corrected chi connectivity index (χ1v) is 6.90. The Labute approximate surface area is 123 Å². The summed E-state index contributed by atoms with van der Waals surface area (Å²) < 4.78 is 15.5. The molecule has 1 saturated heterocycles. The fourth-order valence-electron chi connectivity index (χ4n) is 2.02. The van der Waals surface area contributed by atoms with Crippen LogP contribution < -0.4 is 0 Å². The zero-order valence-electron chi connectivity index (χ0n) is 12.7. The maximum Gasteiger partial charge on any atom is 0.410 e. The molecule has 116 valence electrons. The van der Waals surface area contributed by atoms with Crippen LogP contribution in [0.4, 0.5) is 4.79 Å². The number of amides is 1. The van der Waals surface area contributed by atoms with Crippen molar-refractivity contribution in [3.05, 3.63) is 17.8 Å². The van der Waals surface area contributed by atoms with Gasteiger partial charge in [-0.3, -0.25) is 0 Å². The SMILES string of the molecule is CCOC(=O)c1ncoc1C1CN(C(=O)OC(C)(C)C)C1. The largest absolute Gasteiger partial charge is 0.461 e. The number of hydrogen-bond acceptors (Lipinski definition) is 6. The van der Waals surface area contributed by atoms with Crippen molar-refractivity contribution in [3.8, 4) is 0 Å². The monoisotopic (exact) mass is 296 g/mol. The summed E-state index contributed by atoms with van der Waals surface area (Å²) in [6.45, 7) is 8.34. The zero-order valence-corrected chi connectivity index (χ0v) is 12.7. The van der Waals surface area contributed by atoms with E-state index < -0.39 is 11.6 Å². The van der Waals surface area contributed by atoms with Gasteiger partial charge in [0.05, 0.1) is 12.5 Å². The summed E-state index contributed by atoms with van der Waals surface area (Å²) in [6.07, 6.45) is 0.855. The number of hydrogen-bond donors (Lipinski definition) is 0. The molecule has 1 aliphatic heterocycles. The highest BCUT2D eigenvalue weighted by molar-refractivity contribution is 5.88. The first-order chi connectivity index (χ1) is 9.81. The van der Waals surface area contributed by atoms with Crippen molar-refractivity contribution in [1.82, 2.24) is 9.88 Å². The smallest absolute Gasteiger partial charge is 0.410 e. The van der Waals surface area contributed by atoms with E-state index in [4.69, 9.17) is 13.9 Å². The van der Waals surface area contributed by atoms with Gasteiger partial charge in [0.1, 0.15) is 11.4 Å². The van der Waals surface area contributed by atoms with Crippen LogP contribution in [0.25, 0.3) is 0 Å². The van der Waals surface area contributed by atoms with Crippen LogP contribution in [-0.4, -0.2) is 47.2 Å². The van der Waals surface area contributed by atoms with E-state index in [0.29, 0.717) is 18.8 Å². The summed E-state index contributed by atoms with van der Waals surface area (Å²) >= 11 is 0. The number of carbonyl (C=O) groups excluding carboxylic acids is 2. The van der Waals surface area contributed by atoms with E-state index in [2.05, 4.69) is 4.98 Å². The summed E-state index contributed by atoms with van der Waals surface area (Å²) in [6, 6.07) is 0. The first-order valence-electron chi connectivity index (χ1n) is 6.90. The van der Waals surface area contributed by atoms with Gasteiger partial charge in [0.15, 0.2) is 12.1 Å². The lowest BCUT2D eigenvalue weighted by Gasteiger charge is -2.38. The van der Waals surface area contributed by atoms with E-state index >= 15 is 0 Å². The van der Waals surface area contributed by atoms with E-state index in [0.717, 1.165) is 0 Å². The lowest BCUT2D eigenvalue weighted by atomic mass is 9.96. The van der Waals surface area contributed by atoms with Crippen molar-refractivity contribution in [2.75, 3.05) is 19.7 Å². The van der Waals surface area contributed by atoms with Gasteiger partial charge in [0.2, 0.25) is 0 Å². The highest BCUT2D eigenvalue weighted by Gasteiger charge is 2.39. The Hall–Kier alpha value is -2.05. The molecule has 1 amide bonds. The minimum atomic E-state index is -0.523. The molecule has 0 aromatic carbocycles. The molecular weight excluding hydrogens is 276 g/mol. The summed E-state index contributed by atoms with van der Waals surface area (Å²) in [4.78, 5) is 29.0. The van der Waals surface area contributed by atoms with Crippen LogP contribution in [0.15, 0.2) is 10.8 Å². The van der Waals surface area contributed by atoms with Gasteiger partial charge in [-0.05, 0) is 27.7 Å². The molecule has 0 spiro atoms. The average molecular weight is 296 g/mol. The molecule has 0 unspecified atom stereocenters. The third-order valence-corrected chi connectivity index (χ3v) is 2.97. The number of likely N-dealkylation sites (tertiary alicyclic amines) is 1. The van der Waals surface area contributed by atoms with Crippen LogP contribution in [0, 0.1) is 0 Å². The van der Waals surface area contributed by atoms with Crippen LogP contribution in [0.3, 0.4) is 0 Å². The molecule has 0 aliphatic carbocycles. The van der Waals surface area contributed by atoms with E-state index in [1.165, 1.54) is 6.39 Å². The molecular formula is C14H20N2O5. The molecule has 7 nitrogen and oxygen atoms in total. The molecule has 1 aliphatic rings. The standard InChI is InChI=1S/C14H20N2O5/c1-5-19-12(17)10-11(20-8-15-10)9-6-16(7-9)13(18)21-14(2,3)4/h8-9H,5-7H2,1-4H3. The second kappa shape index (κ2) is 5.75. The maximum absolute atomic E-state index is 11.8. The zero-order chi connectivity index (χ0) is 15.6. The highest BCUT2D eigenvalue weighted by Crippen LogP contribution is 2.30. The number of oxazole rings is 1. The fourth-order valence-corrected chi connectivity index (χ4v) is 2.02. The van der Waals surface area contributed by atoms with Crippen molar-refractivity contribution < 1.29 is 23.5 Å². The van der Waals surface area contributed by atoms with Gasteiger partial charge in [0.25, 0.3) is 0 Å². The molecule has 2 rings (SSSR count). The van der Waals surface area contributed by atoms with Crippen molar-refractivity contribution in [2.45, 2.75) is 39.2 Å². The van der Waals surface area contributed by atoms with Gasteiger partial charge in [0, 0.05) is 13.1 Å². The summed E-state index contributed by atoms with van der Waals surface area (Å²) in [7, 11) is 0. The number of carbonyl (C=O) groups is 2. The predicted octanol–water partition coefficient (Wildman–Crippen LogP) is 2.19. The predicted molar refractivity (Wildman–Crippen MR) is 73.0 cm³/mol. The third kappa shape index (κ3) is 3.53. The van der Waals surface area contributed by atoms with Gasteiger partial charge < -0.3 is 18.8 Å². The average Bonchev–Trinajstić information content (AvgIpc) is 2.73. The molecule has 0 N–H and O–H groups in total. The lowest BCUT2D eigenvalue weighted by molar-refractivity contribution is 0.00640. The molecule has 0 saturated carbocycles. The molecule has 21 heavy (non-hydrogen) atoms. The van der Waals surface area contributed by atoms with Gasteiger partial charge >= 0.3 is 12.1 Å². The van der Waals surface area contributed by atoms with Crippen LogP contribution in [0.5, 0.6) is 0 Å². The number of rotatable bonds is 3. The van der Waals surface area contributed by atoms with E-state index in [1.807, 2.05) is 20.8 Å². The quantitative estimate of drug-likeness (QED) is 0.795. The van der Waals surface area contributed by atoms with Crippen molar-refractivity contribution in [3.63, 3.8) is 0 Å². The first kappa shape index (κ1) is 15.3. The minimum absolute atomic E-state index is 0.0561. The van der Waals surface area contributed by atoms with Gasteiger partial charge in [-0.25, -0.2) is 14.6 Å². The Morgan fingerprint density at radius 1 is 1.43 bits per heavy atom. The van der Waals surface area contributed by atoms with Gasteiger partial charge in [-0.15, -0.1) is 0 Å². The van der Waals surface area contributed by atoms with E-state index in [1.54, 1.807) is 11.8 Å². The summed E-state index contributed by atoms with van der Waals surface area (Å²) in [5, 5.41) is 0. The second-order valence-electron chi connectivity index (χ2n) is 5.87. The van der Waals surface area contributed by atoms with Crippen LogP contribution in [-0.2, 0) is 9.47 Å². The van der Waals surface area contributed by atoms with Crippen LogP contribution in [0.2, 0.25) is 0 Å². The molecule has 0 bridgehead atoms. The lowest BCUT2D eigenvalue weighted by Crippen LogP contribution is -2.50. The number of aromatic nitrogens is 1. The Morgan fingerprint density at radius 3 is 2.67 bits per heavy atom. The molecule has 1 fully saturated rings. The van der Waals surface area contributed by atoms with Crippen molar-refractivity contribution in [1.29, 1.82) is 0 Å². The molecule has 1 aromatic rings. The molecule has 7 heteroatoms. The number of esters is 1. The fraction of sp³-hybridized carbons (Fsp3) is 0.643. The molecule has 0 radical (unpaired) electrons. The molecule has 1 aromatic heterocycles. The van der Waals surface area contributed by atoms with Crippen LogP contribution in [0.1, 0.15) is 49.9 Å². The Morgan fingerprint density at radius 2 is 2.10 bits per heavy atom. The highest BCUT2D eigenvalue weighted by atomic mass is 16.6. The third-order valence-electron chi connectivity index (χ3n) is 2.97. The second-order valence-corrected chi connectivity index (χ2v) is 5.87. The van der Waals surface area contributed by atoms with E-state index in [-0.39, 0.29) is 24.3 Å². The van der Waals surface area contributed by atoms with Crippen molar-refractivity contribution >= 4 is 12.1 Å². The summed E-state index contributed by atoms with van der Waals surface area (Å²) in [5.74, 6) is -0.0929. The van der Waals surface area contributed by atoms with Gasteiger partial charge in [-0.1, -0.05) is 0 Å². The van der Waals surface area contributed by atoms with E-state index in [9.17, 15) is 9.59 Å². The Bertz CT molecular complexity index is 526. The van der Waals surface area contributed by atoms with Crippen molar-refractivity contribution in [2.24, 2.45) is 0 Å². The number of nitrogens with zero attached hydrogens (tertiary/aromatic N) is 2. The molecule has 2 heterocycles. The topological polar surface area (TPSA) is 81.9 Å². The van der Waals surface area contributed by atoms with Gasteiger partial charge in [-0.2, -0.15) is 0 Å². The maximum atomic E-state index is 11.8. The van der Waals surface area contributed by atoms with Crippen LogP contribution >= 0.6 is 0 Å².